The Morgan fingerprint density at radius 3 is 2.46 bits per heavy atom. The Morgan fingerprint density at radius 1 is 1.14 bits per heavy atom. The standard InChI is InChI=1S/C21H28O7/c1-19(2)16-6-9-21(18(26)27,28-20(16,3)8-7-17(19)25)11-15(24)13-10-12(22)4-5-14(13)23/h4-5,10,16-17,22-23,25H,6-9,11H2,1-3H3,(H,26,27). The lowest BCUT2D eigenvalue weighted by Gasteiger charge is -2.58. The minimum atomic E-state index is -1.71. The van der Waals surface area contributed by atoms with Gasteiger partial charge in [0.2, 0.25) is 0 Å². The lowest BCUT2D eigenvalue weighted by atomic mass is 9.56. The molecule has 1 saturated heterocycles. The molecule has 4 N–H and O–H groups in total. The third-order valence-corrected chi connectivity index (χ3v) is 6.79. The molecule has 7 heteroatoms. The molecule has 0 aromatic heterocycles. The number of phenols is 2. The first-order valence-electron chi connectivity index (χ1n) is 9.58. The summed E-state index contributed by atoms with van der Waals surface area (Å²) < 4.78 is 6.20. The first kappa shape index (κ1) is 20.6. The molecular formula is C21H28O7. The maximum absolute atomic E-state index is 12.8. The van der Waals surface area contributed by atoms with E-state index in [0.29, 0.717) is 19.3 Å². The molecule has 3 rings (SSSR count). The molecule has 0 spiro atoms. The molecule has 1 saturated carbocycles. The van der Waals surface area contributed by atoms with Gasteiger partial charge < -0.3 is 25.2 Å². The van der Waals surface area contributed by atoms with Crippen LogP contribution >= 0.6 is 0 Å². The summed E-state index contributed by atoms with van der Waals surface area (Å²) in [6, 6.07) is 3.57. The second-order valence-electron chi connectivity index (χ2n) is 8.98. The number of aromatic hydroxyl groups is 2. The molecule has 154 valence electrons. The van der Waals surface area contributed by atoms with E-state index >= 15 is 0 Å². The van der Waals surface area contributed by atoms with Gasteiger partial charge in [0.05, 0.1) is 23.7 Å². The number of ether oxygens (including phenoxy) is 1. The summed E-state index contributed by atoms with van der Waals surface area (Å²) >= 11 is 0. The highest BCUT2D eigenvalue weighted by atomic mass is 16.6. The number of carboxylic acids is 1. The second-order valence-corrected chi connectivity index (χ2v) is 8.98. The topological polar surface area (TPSA) is 124 Å². The van der Waals surface area contributed by atoms with Crippen LogP contribution in [0.4, 0.5) is 0 Å². The maximum Gasteiger partial charge on any atom is 0.336 e. The molecule has 2 aliphatic rings. The van der Waals surface area contributed by atoms with Crippen LogP contribution < -0.4 is 0 Å². The number of benzene rings is 1. The third-order valence-electron chi connectivity index (χ3n) is 6.79. The van der Waals surface area contributed by atoms with Crippen molar-refractivity contribution < 1.29 is 34.8 Å². The van der Waals surface area contributed by atoms with Gasteiger partial charge in [0, 0.05) is 0 Å². The van der Waals surface area contributed by atoms with E-state index in [9.17, 15) is 30.0 Å². The van der Waals surface area contributed by atoms with Crippen molar-refractivity contribution in [2.75, 3.05) is 0 Å². The van der Waals surface area contributed by atoms with E-state index in [4.69, 9.17) is 4.74 Å². The summed E-state index contributed by atoms with van der Waals surface area (Å²) in [4.78, 5) is 25.0. The average molecular weight is 392 g/mol. The first-order chi connectivity index (χ1) is 12.9. The normalized spacial score (nSPS) is 34.4. The Morgan fingerprint density at radius 2 is 1.82 bits per heavy atom. The highest BCUT2D eigenvalue weighted by Crippen LogP contribution is 2.55. The zero-order valence-corrected chi connectivity index (χ0v) is 16.4. The number of Topliss-reactive ketones (excluding diaryl/α,β-unsaturated/α-hetero) is 1. The molecule has 1 heterocycles. The number of hydrogen-bond acceptors (Lipinski definition) is 6. The van der Waals surface area contributed by atoms with Crippen LogP contribution in [0.1, 0.15) is 63.2 Å². The lowest BCUT2D eigenvalue weighted by molar-refractivity contribution is -0.259. The van der Waals surface area contributed by atoms with Crippen molar-refractivity contribution in [2.24, 2.45) is 11.3 Å². The minimum absolute atomic E-state index is 0.0412. The van der Waals surface area contributed by atoms with Gasteiger partial charge in [-0.2, -0.15) is 0 Å². The van der Waals surface area contributed by atoms with Crippen LogP contribution in [0.5, 0.6) is 11.5 Å². The van der Waals surface area contributed by atoms with Gasteiger partial charge in [0.15, 0.2) is 11.4 Å². The number of aliphatic hydroxyl groups excluding tert-OH is 1. The van der Waals surface area contributed by atoms with Crippen LogP contribution in [0.25, 0.3) is 0 Å². The van der Waals surface area contributed by atoms with Gasteiger partial charge in [-0.25, -0.2) is 4.79 Å². The Hall–Kier alpha value is -2.12. The van der Waals surface area contributed by atoms with Gasteiger partial charge in [0.25, 0.3) is 0 Å². The number of aliphatic carboxylic acids is 1. The fourth-order valence-electron chi connectivity index (χ4n) is 5.12. The molecule has 2 fully saturated rings. The maximum atomic E-state index is 12.8. The number of aliphatic hydroxyl groups is 1. The second kappa shape index (κ2) is 6.74. The number of carbonyl (C=O) groups excluding carboxylic acids is 1. The highest BCUT2D eigenvalue weighted by molar-refractivity contribution is 6.02. The number of rotatable bonds is 4. The molecule has 7 nitrogen and oxygen atoms in total. The van der Waals surface area contributed by atoms with E-state index < -0.39 is 40.9 Å². The van der Waals surface area contributed by atoms with E-state index in [1.165, 1.54) is 12.1 Å². The van der Waals surface area contributed by atoms with Gasteiger partial charge in [-0.3, -0.25) is 4.79 Å². The number of ketones is 1. The number of fused-ring (bicyclic) bond motifs is 1. The molecule has 1 aliphatic heterocycles. The van der Waals surface area contributed by atoms with Crippen LogP contribution in [-0.4, -0.2) is 49.5 Å². The molecule has 4 unspecified atom stereocenters. The van der Waals surface area contributed by atoms with Gasteiger partial charge in [0.1, 0.15) is 11.5 Å². The van der Waals surface area contributed by atoms with Crippen molar-refractivity contribution in [3.63, 3.8) is 0 Å². The van der Waals surface area contributed by atoms with E-state index in [2.05, 4.69) is 0 Å². The SMILES string of the molecule is CC12CCC(O)C(C)(C)C1CCC(CC(=O)c1cc(O)ccc1O)(C(=O)O)O2. The Kier molecular flexibility index (Phi) is 4.96. The van der Waals surface area contributed by atoms with E-state index in [0.717, 1.165) is 6.07 Å². The van der Waals surface area contributed by atoms with Crippen LogP contribution in [0.3, 0.4) is 0 Å². The smallest absolute Gasteiger partial charge is 0.336 e. The van der Waals surface area contributed by atoms with E-state index in [1.54, 1.807) is 0 Å². The number of hydrogen-bond donors (Lipinski definition) is 4. The van der Waals surface area contributed by atoms with E-state index in [1.807, 2.05) is 20.8 Å². The zero-order valence-electron chi connectivity index (χ0n) is 16.4. The van der Waals surface area contributed by atoms with Crippen molar-refractivity contribution in [3.05, 3.63) is 23.8 Å². The van der Waals surface area contributed by atoms with Crippen molar-refractivity contribution in [1.82, 2.24) is 0 Å². The molecule has 4 atom stereocenters. The molecule has 0 amide bonds. The van der Waals surface area contributed by atoms with Crippen molar-refractivity contribution in [3.8, 4) is 11.5 Å². The average Bonchev–Trinajstić information content (AvgIpc) is 2.60. The monoisotopic (exact) mass is 392 g/mol. The van der Waals surface area contributed by atoms with E-state index in [-0.39, 0.29) is 29.4 Å². The summed E-state index contributed by atoms with van der Waals surface area (Å²) in [6.45, 7) is 5.79. The fourth-order valence-corrected chi connectivity index (χ4v) is 5.12. The Balaban J connectivity index is 1.91. The first-order valence-corrected chi connectivity index (χ1v) is 9.58. The fraction of sp³-hybridized carbons (Fsp3) is 0.619. The molecule has 0 bridgehead atoms. The van der Waals surface area contributed by atoms with Crippen LogP contribution in [0.2, 0.25) is 0 Å². The van der Waals surface area contributed by atoms with Gasteiger partial charge in [-0.15, -0.1) is 0 Å². The third kappa shape index (κ3) is 3.26. The predicted molar refractivity (Wildman–Crippen MR) is 100 cm³/mol. The molecule has 0 radical (unpaired) electrons. The van der Waals surface area contributed by atoms with Crippen LogP contribution in [0, 0.1) is 11.3 Å². The molecular weight excluding hydrogens is 364 g/mol. The van der Waals surface area contributed by atoms with Crippen molar-refractivity contribution in [2.45, 2.75) is 70.2 Å². The molecule has 1 aliphatic carbocycles. The van der Waals surface area contributed by atoms with Crippen LogP contribution in [-0.2, 0) is 9.53 Å². The summed E-state index contributed by atoms with van der Waals surface area (Å²) in [5.41, 5.74) is -3.04. The highest BCUT2D eigenvalue weighted by Gasteiger charge is 2.60. The summed E-state index contributed by atoms with van der Waals surface area (Å²) in [7, 11) is 0. The summed E-state index contributed by atoms with van der Waals surface area (Å²) in [5, 5.41) is 39.9. The summed E-state index contributed by atoms with van der Waals surface area (Å²) in [5.74, 6) is -2.37. The number of carboxylic acid groups (broad SMARTS) is 1. The molecule has 1 aromatic carbocycles. The molecule has 28 heavy (non-hydrogen) atoms. The quantitative estimate of drug-likeness (QED) is 0.459. The Labute approximate surface area is 164 Å². The minimum Gasteiger partial charge on any atom is -0.508 e. The number of phenolic OH excluding ortho intramolecular Hbond substituents is 2. The summed E-state index contributed by atoms with van der Waals surface area (Å²) in [6.07, 6.45) is 0.707. The zero-order chi connectivity index (χ0) is 20.9. The van der Waals surface area contributed by atoms with Crippen LogP contribution in [0.15, 0.2) is 18.2 Å². The largest absolute Gasteiger partial charge is 0.508 e. The predicted octanol–water partition coefficient (Wildman–Crippen LogP) is 2.86. The number of carbonyl (C=O) groups is 2. The van der Waals surface area contributed by atoms with Gasteiger partial charge in [-0.05, 0) is 62.1 Å². The lowest BCUT2D eigenvalue weighted by Crippen LogP contribution is -2.63. The Bertz CT molecular complexity index is 802. The van der Waals surface area contributed by atoms with Crippen molar-refractivity contribution in [1.29, 1.82) is 0 Å². The van der Waals surface area contributed by atoms with Crippen molar-refractivity contribution >= 4 is 11.8 Å². The van der Waals surface area contributed by atoms with Gasteiger partial charge in [-0.1, -0.05) is 13.8 Å². The molecule has 1 aromatic rings. The van der Waals surface area contributed by atoms with Gasteiger partial charge >= 0.3 is 5.97 Å².